The van der Waals surface area contributed by atoms with Gasteiger partial charge in [-0.15, -0.1) is 0 Å². The average molecular weight is 297 g/mol. The van der Waals surface area contributed by atoms with Crippen LogP contribution in [0.5, 0.6) is 0 Å². The van der Waals surface area contributed by atoms with E-state index < -0.39 is 34.8 Å². The van der Waals surface area contributed by atoms with Crippen molar-refractivity contribution in [3.63, 3.8) is 0 Å². The van der Waals surface area contributed by atoms with E-state index in [1.807, 2.05) is 4.98 Å². The van der Waals surface area contributed by atoms with E-state index >= 15 is 0 Å². The van der Waals surface area contributed by atoms with E-state index in [-0.39, 0.29) is 6.54 Å². The molecule has 8 heteroatoms. The Bertz CT molecular complexity index is 638. The third kappa shape index (κ3) is 5.64. The van der Waals surface area contributed by atoms with Gasteiger partial charge >= 0.3 is 11.7 Å². The number of aromatic nitrogens is 2. The summed E-state index contributed by atoms with van der Waals surface area (Å²) in [6.07, 6.45) is 1.21. The third-order valence-corrected chi connectivity index (χ3v) is 2.35. The second-order valence-electron chi connectivity index (χ2n) is 5.56. The van der Waals surface area contributed by atoms with Gasteiger partial charge in [0.2, 0.25) is 5.91 Å². The van der Waals surface area contributed by atoms with Crippen LogP contribution < -0.4 is 16.6 Å². The molecule has 0 aliphatic carbocycles. The van der Waals surface area contributed by atoms with Crippen LogP contribution in [0.4, 0.5) is 0 Å². The molecule has 8 nitrogen and oxygen atoms in total. The number of nitrogens with zero attached hydrogens (tertiary/aromatic N) is 1. The van der Waals surface area contributed by atoms with Crippen LogP contribution in [0.25, 0.3) is 0 Å². The van der Waals surface area contributed by atoms with Gasteiger partial charge in [0.15, 0.2) is 0 Å². The lowest BCUT2D eigenvalue weighted by atomic mass is 10.2. The van der Waals surface area contributed by atoms with Crippen LogP contribution in [0.2, 0.25) is 0 Å². The summed E-state index contributed by atoms with van der Waals surface area (Å²) in [5.41, 5.74) is -1.88. The number of hydrogen-bond donors (Lipinski definition) is 2. The van der Waals surface area contributed by atoms with Gasteiger partial charge in [0.25, 0.3) is 5.56 Å². The smallest absolute Gasteiger partial charge is 0.328 e. The molecule has 116 valence electrons. The van der Waals surface area contributed by atoms with Crippen molar-refractivity contribution in [1.82, 2.24) is 14.9 Å². The minimum atomic E-state index is -0.838. The summed E-state index contributed by atoms with van der Waals surface area (Å²) < 4.78 is 6.15. The molecule has 2 N–H and O–H groups in total. The summed E-state index contributed by atoms with van der Waals surface area (Å²) >= 11 is 0. The van der Waals surface area contributed by atoms with Crippen molar-refractivity contribution >= 4 is 11.9 Å². The van der Waals surface area contributed by atoms with Crippen LogP contribution in [-0.4, -0.2) is 33.1 Å². The molecule has 1 aromatic heterocycles. The van der Waals surface area contributed by atoms with Gasteiger partial charge in [-0.25, -0.2) is 9.59 Å². The number of nitrogens with one attached hydrogen (secondary N) is 2. The Morgan fingerprint density at radius 3 is 2.52 bits per heavy atom. The van der Waals surface area contributed by atoms with Crippen molar-refractivity contribution in [2.75, 3.05) is 0 Å². The van der Waals surface area contributed by atoms with Crippen LogP contribution in [0, 0.1) is 0 Å². The molecule has 1 heterocycles. The van der Waals surface area contributed by atoms with Crippen LogP contribution in [-0.2, 0) is 20.9 Å². The Morgan fingerprint density at radius 2 is 2.00 bits per heavy atom. The highest BCUT2D eigenvalue weighted by Crippen LogP contribution is 2.08. The molecule has 0 spiro atoms. The Balaban J connectivity index is 2.63. The molecule has 1 amide bonds. The predicted molar refractivity (Wildman–Crippen MR) is 74.8 cm³/mol. The molecule has 0 aliphatic heterocycles. The molecule has 1 rings (SSSR count). The van der Waals surface area contributed by atoms with Crippen molar-refractivity contribution in [1.29, 1.82) is 0 Å². The van der Waals surface area contributed by atoms with Crippen molar-refractivity contribution in [3.05, 3.63) is 33.1 Å². The number of aromatic amines is 1. The number of hydrogen-bond acceptors (Lipinski definition) is 5. The quantitative estimate of drug-likeness (QED) is 0.720. The molecule has 1 aromatic rings. The number of H-pyrrole nitrogens is 1. The van der Waals surface area contributed by atoms with Gasteiger partial charge in [0.05, 0.1) is 0 Å². The number of carbonyl (C=O) groups excluding carboxylic acids is 2. The molecule has 0 saturated carbocycles. The van der Waals surface area contributed by atoms with Crippen LogP contribution in [0.1, 0.15) is 27.7 Å². The zero-order chi connectivity index (χ0) is 16.2. The maximum atomic E-state index is 11.8. The number of rotatable bonds is 4. The molecular formula is C13H19N3O5. The summed E-state index contributed by atoms with van der Waals surface area (Å²) in [5, 5.41) is 2.43. The first kappa shape index (κ1) is 16.7. The Hall–Kier alpha value is -2.38. The van der Waals surface area contributed by atoms with Gasteiger partial charge in [-0.1, -0.05) is 0 Å². The monoisotopic (exact) mass is 297 g/mol. The van der Waals surface area contributed by atoms with Crippen molar-refractivity contribution in [3.8, 4) is 0 Å². The lowest BCUT2D eigenvalue weighted by Crippen LogP contribution is -2.44. The van der Waals surface area contributed by atoms with Crippen LogP contribution >= 0.6 is 0 Å². The van der Waals surface area contributed by atoms with Crippen molar-refractivity contribution < 1.29 is 14.3 Å². The number of carbonyl (C=O) groups is 2. The number of esters is 1. The lowest BCUT2D eigenvalue weighted by molar-refractivity contribution is -0.158. The molecule has 0 radical (unpaired) electrons. The highest BCUT2D eigenvalue weighted by molar-refractivity contribution is 5.84. The van der Waals surface area contributed by atoms with E-state index in [0.717, 1.165) is 10.6 Å². The SMILES string of the molecule is C[C@H](NC(=O)Cn1ccc(=O)[nH]c1=O)C(=O)OC(C)(C)C. The maximum absolute atomic E-state index is 11.8. The lowest BCUT2D eigenvalue weighted by Gasteiger charge is -2.22. The molecule has 21 heavy (non-hydrogen) atoms. The van der Waals surface area contributed by atoms with Crippen LogP contribution in [0.15, 0.2) is 21.9 Å². The number of ether oxygens (including phenoxy) is 1. The standard InChI is InChI=1S/C13H19N3O5/c1-8(11(19)21-13(2,3)4)14-10(18)7-16-6-5-9(17)15-12(16)20/h5-6,8H,7H2,1-4H3,(H,14,18)(H,15,17,20)/t8-/m0/s1. The van der Waals surface area contributed by atoms with Gasteiger partial charge < -0.3 is 10.1 Å². The van der Waals surface area contributed by atoms with Gasteiger partial charge in [-0.05, 0) is 27.7 Å². The summed E-state index contributed by atoms with van der Waals surface area (Å²) in [4.78, 5) is 47.8. The molecule has 1 atom stereocenters. The zero-order valence-electron chi connectivity index (χ0n) is 12.4. The van der Waals surface area contributed by atoms with E-state index in [2.05, 4.69) is 5.32 Å². The summed E-state index contributed by atoms with van der Waals surface area (Å²) in [6.45, 7) is 6.35. The molecule has 0 bridgehead atoms. The summed E-state index contributed by atoms with van der Waals surface area (Å²) in [7, 11) is 0. The molecule has 0 fully saturated rings. The summed E-state index contributed by atoms with van der Waals surface area (Å²) in [6, 6.07) is 0.293. The van der Waals surface area contributed by atoms with E-state index in [9.17, 15) is 19.2 Å². The van der Waals surface area contributed by atoms with Gasteiger partial charge in [0.1, 0.15) is 18.2 Å². The summed E-state index contributed by atoms with van der Waals surface area (Å²) in [5.74, 6) is -1.10. The van der Waals surface area contributed by atoms with Crippen LogP contribution in [0.3, 0.4) is 0 Å². The second-order valence-corrected chi connectivity index (χ2v) is 5.56. The molecule has 0 aliphatic rings. The first-order valence-corrected chi connectivity index (χ1v) is 6.40. The first-order chi connectivity index (χ1) is 9.58. The van der Waals surface area contributed by atoms with Gasteiger partial charge in [0, 0.05) is 12.3 Å². The van der Waals surface area contributed by atoms with E-state index in [1.54, 1.807) is 20.8 Å². The van der Waals surface area contributed by atoms with Gasteiger partial charge in [-0.3, -0.25) is 19.1 Å². The Morgan fingerprint density at radius 1 is 1.38 bits per heavy atom. The molecule has 0 aromatic carbocycles. The highest BCUT2D eigenvalue weighted by Gasteiger charge is 2.23. The van der Waals surface area contributed by atoms with E-state index in [1.165, 1.54) is 13.1 Å². The fourth-order valence-electron chi connectivity index (χ4n) is 1.46. The normalized spacial score (nSPS) is 12.6. The fraction of sp³-hybridized carbons (Fsp3) is 0.538. The van der Waals surface area contributed by atoms with Gasteiger partial charge in [-0.2, -0.15) is 0 Å². The van der Waals surface area contributed by atoms with E-state index in [0.29, 0.717) is 0 Å². The maximum Gasteiger partial charge on any atom is 0.328 e. The van der Waals surface area contributed by atoms with Crippen molar-refractivity contribution in [2.24, 2.45) is 0 Å². The van der Waals surface area contributed by atoms with Crippen molar-refractivity contribution in [2.45, 2.75) is 45.9 Å². The molecular weight excluding hydrogens is 278 g/mol. The molecule has 0 saturated heterocycles. The largest absolute Gasteiger partial charge is 0.458 e. The predicted octanol–water partition coefficient (Wildman–Crippen LogP) is -0.617. The second kappa shape index (κ2) is 6.38. The highest BCUT2D eigenvalue weighted by atomic mass is 16.6. The Labute approximate surface area is 121 Å². The topological polar surface area (TPSA) is 110 Å². The van der Waals surface area contributed by atoms with E-state index in [4.69, 9.17) is 4.74 Å². The molecule has 0 unspecified atom stereocenters. The first-order valence-electron chi connectivity index (χ1n) is 6.40. The minimum absolute atomic E-state index is 0.303. The Kier molecular flexibility index (Phi) is 5.07. The third-order valence-electron chi connectivity index (χ3n) is 2.35. The number of amides is 1. The minimum Gasteiger partial charge on any atom is -0.458 e. The zero-order valence-corrected chi connectivity index (χ0v) is 12.4. The average Bonchev–Trinajstić information content (AvgIpc) is 2.30. The fourth-order valence-corrected chi connectivity index (χ4v) is 1.46.